The Labute approximate surface area is 151 Å². The molecule has 1 aromatic heterocycles. The van der Waals surface area contributed by atoms with Gasteiger partial charge in [-0.15, -0.1) is 0 Å². The zero-order chi connectivity index (χ0) is 18.2. The van der Waals surface area contributed by atoms with Crippen LogP contribution in [0.1, 0.15) is 21.8 Å². The van der Waals surface area contributed by atoms with Gasteiger partial charge in [0.2, 0.25) is 10.0 Å². The number of nitrogens with zero attached hydrogens (tertiary/aromatic N) is 3. The van der Waals surface area contributed by atoms with E-state index in [1.54, 1.807) is 43.0 Å². The number of rotatable bonds is 3. The minimum absolute atomic E-state index is 0.116. The topological polar surface area (TPSA) is 83.7 Å². The predicted molar refractivity (Wildman–Crippen MR) is 92.1 cm³/mol. The number of aryl methyl sites for hydroxylation is 2. The summed E-state index contributed by atoms with van der Waals surface area (Å²) in [5.41, 5.74) is 0.878. The first-order chi connectivity index (χ1) is 11.8. The summed E-state index contributed by atoms with van der Waals surface area (Å²) in [6.07, 6.45) is 0. The van der Waals surface area contributed by atoms with Gasteiger partial charge in [-0.1, -0.05) is 16.8 Å². The molecular formula is C16H18ClN3O4S. The van der Waals surface area contributed by atoms with Crippen molar-refractivity contribution in [2.24, 2.45) is 0 Å². The van der Waals surface area contributed by atoms with Crippen LogP contribution in [0.25, 0.3) is 0 Å². The quantitative estimate of drug-likeness (QED) is 0.810. The van der Waals surface area contributed by atoms with Gasteiger partial charge in [-0.05, 0) is 38.1 Å². The molecule has 1 aliphatic heterocycles. The van der Waals surface area contributed by atoms with Crippen molar-refractivity contribution in [2.45, 2.75) is 18.7 Å². The number of piperazine rings is 1. The van der Waals surface area contributed by atoms with Crippen LogP contribution in [0.3, 0.4) is 0 Å². The fourth-order valence-corrected chi connectivity index (χ4v) is 4.72. The Morgan fingerprint density at radius 2 is 1.72 bits per heavy atom. The lowest BCUT2D eigenvalue weighted by Crippen LogP contribution is -2.50. The van der Waals surface area contributed by atoms with Crippen molar-refractivity contribution < 1.29 is 17.7 Å². The van der Waals surface area contributed by atoms with Crippen molar-refractivity contribution >= 4 is 27.5 Å². The first-order valence-electron chi connectivity index (χ1n) is 7.78. The van der Waals surface area contributed by atoms with Crippen LogP contribution in [0.5, 0.6) is 0 Å². The Bertz CT molecular complexity index is 865. The minimum atomic E-state index is -3.68. The largest absolute Gasteiger partial charge is 0.360 e. The molecule has 0 atom stereocenters. The molecule has 134 valence electrons. The van der Waals surface area contributed by atoms with Gasteiger partial charge in [0, 0.05) is 36.8 Å². The minimum Gasteiger partial charge on any atom is -0.360 e. The van der Waals surface area contributed by atoms with Gasteiger partial charge in [-0.2, -0.15) is 4.31 Å². The van der Waals surface area contributed by atoms with Crippen LogP contribution < -0.4 is 0 Å². The maximum atomic E-state index is 12.8. The average molecular weight is 384 g/mol. The lowest BCUT2D eigenvalue weighted by molar-refractivity contribution is 0.0698. The number of carbonyl (C=O) groups is 1. The van der Waals surface area contributed by atoms with Crippen molar-refractivity contribution in [3.05, 3.63) is 46.3 Å². The van der Waals surface area contributed by atoms with Gasteiger partial charge in [-0.25, -0.2) is 8.42 Å². The Hall–Kier alpha value is -1.90. The molecule has 3 rings (SSSR count). The smallest absolute Gasteiger partial charge is 0.253 e. The lowest BCUT2D eigenvalue weighted by atomic mass is 10.2. The molecule has 7 nitrogen and oxygen atoms in total. The van der Waals surface area contributed by atoms with Gasteiger partial charge in [0.05, 0.1) is 0 Å². The third-order valence-corrected chi connectivity index (χ3v) is 6.58. The highest BCUT2D eigenvalue weighted by Gasteiger charge is 2.34. The van der Waals surface area contributed by atoms with E-state index in [0.29, 0.717) is 29.4 Å². The Morgan fingerprint density at radius 3 is 2.24 bits per heavy atom. The van der Waals surface area contributed by atoms with Crippen LogP contribution in [0.2, 0.25) is 5.02 Å². The first-order valence-corrected chi connectivity index (χ1v) is 9.60. The van der Waals surface area contributed by atoms with Crippen LogP contribution in [0.15, 0.2) is 33.7 Å². The number of hydrogen-bond acceptors (Lipinski definition) is 5. The molecule has 1 aromatic carbocycles. The maximum Gasteiger partial charge on any atom is 0.253 e. The molecule has 1 aliphatic rings. The summed E-state index contributed by atoms with van der Waals surface area (Å²) in [5.74, 6) is 0.142. The van der Waals surface area contributed by atoms with Crippen LogP contribution in [-0.2, 0) is 10.0 Å². The number of carbonyl (C=O) groups excluding carboxylic acids is 1. The molecule has 1 fully saturated rings. The van der Waals surface area contributed by atoms with Gasteiger partial charge in [0.25, 0.3) is 5.91 Å². The van der Waals surface area contributed by atoms with E-state index in [0.717, 1.165) is 0 Å². The van der Waals surface area contributed by atoms with Gasteiger partial charge in [-0.3, -0.25) is 4.79 Å². The molecule has 0 saturated carbocycles. The number of amides is 1. The highest BCUT2D eigenvalue weighted by atomic mass is 35.5. The normalized spacial score (nSPS) is 16.2. The van der Waals surface area contributed by atoms with E-state index < -0.39 is 10.0 Å². The summed E-state index contributed by atoms with van der Waals surface area (Å²) in [7, 11) is -3.68. The summed E-state index contributed by atoms with van der Waals surface area (Å²) in [5, 5.41) is 4.27. The van der Waals surface area contributed by atoms with E-state index in [2.05, 4.69) is 5.16 Å². The maximum absolute atomic E-state index is 12.8. The van der Waals surface area contributed by atoms with Crippen LogP contribution >= 0.6 is 11.6 Å². The van der Waals surface area contributed by atoms with Crippen molar-refractivity contribution in [1.82, 2.24) is 14.4 Å². The highest BCUT2D eigenvalue weighted by Crippen LogP contribution is 2.24. The average Bonchev–Trinajstić information content (AvgIpc) is 2.94. The molecule has 0 radical (unpaired) electrons. The Morgan fingerprint density at radius 1 is 1.12 bits per heavy atom. The van der Waals surface area contributed by atoms with E-state index in [4.69, 9.17) is 16.1 Å². The van der Waals surface area contributed by atoms with Crippen molar-refractivity contribution in [1.29, 1.82) is 0 Å². The Kier molecular flexibility index (Phi) is 4.86. The van der Waals surface area contributed by atoms with Gasteiger partial charge in [0.15, 0.2) is 5.76 Å². The van der Waals surface area contributed by atoms with Gasteiger partial charge in [0.1, 0.15) is 10.6 Å². The first kappa shape index (κ1) is 17.9. The second-order valence-corrected chi connectivity index (χ2v) is 8.17. The number of halogens is 1. The van der Waals surface area contributed by atoms with Gasteiger partial charge >= 0.3 is 0 Å². The van der Waals surface area contributed by atoms with E-state index in [9.17, 15) is 13.2 Å². The van der Waals surface area contributed by atoms with Crippen molar-refractivity contribution in [3.8, 4) is 0 Å². The van der Waals surface area contributed by atoms with Gasteiger partial charge < -0.3 is 9.42 Å². The second-order valence-electron chi connectivity index (χ2n) is 5.86. The zero-order valence-corrected chi connectivity index (χ0v) is 15.5. The molecule has 0 spiro atoms. The molecule has 0 N–H and O–H groups in total. The number of sulfonamides is 1. The summed E-state index contributed by atoms with van der Waals surface area (Å²) >= 11 is 5.83. The third kappa shape index (κ3) is 3.42. The summed E-state index contributed by atoms with van der Waals surface area (Å²) in [4.78, 5) is 14.3. The second kappa shape index (κ2) is 6.78. The van der Waals surface area contributed by atoms with Crippen LogP contribution in [0.4, 0.5) is 0 Å². The molecule has 1 amide bonds. The molecule has 9 heteroatoms. The molecule has 0 bridgehead atoms. The number of benzene rings is 1. The zero-order valence-electron chi connectivity index (χ0n) is 13.9. The molecule has 2 heterocycles. The van der Waals surface area contributed by atoms with E-state index >= 15 is 0 Å². The number of hydrogen-bond donors (Lipinski definition) is 0. The summed E-state index contributed by atoms with van der Waals surface area (Å²) < 4.78 is 31.9. The monoisotopic (exact) mass is 383 g/mol. The number of aromatic nitrogens is 1. The third-order valence-electron chi connectivity index (χ3n) is 4.18. The summed E-state index contributed by atoms with van der Waals surface area (Å²) in [6.45, 7) is 4.28. The predicted octanol–water partition coefficient (Wildman–Crippen LogP) is 2.09. The summed E-state index contributed by atoms with van der Waals surface area (Å²) in [6, 6.07) is 6.65. The molecule has 2 aromatic rings. The van der Waals surface area contributed by atoms with E-state index in [-0.39, 0.29) is 29.7 Å². The highest BCUT2D eigenvalue weighted by molar-refractivity contribution is 7.89. The molecular weight excluding hydrogens is 366 g/mol. The molecule has 0 aliphatic carbocycles. The fourth-order valence-electron chi connectivity index (χ4n) is 2.88. The van der Waals surface area contributed by atoms with Crippen molar-refractivity contribution in [3.63, 3.8) is 0 Å². The van der Waals surface area contributed by atoms with Crippen molar-refractivity contribution in [2.75, 3.05) is 26.2 Å². The standard InChI is InChI=1S/C16H18ClN3O4S/c1-11-15(12(2)24-18-11)25(22,23)20-9-7-19(8-10-20)16(21)13-3-5-14(17)6-4-13/h3-6H,7-10H2,1-2H3. The van der Waals surface area contributed by atoms with E-state index in [1.807, 2.05) is 0 Å². The lowest BCUT2D eigenvalue weighted by Gasteiger charge is -2.34. The molecule has 1 saturated heterocycles. The van der Waals surface area contributed by atoms with Crippen LogP contribution in [0, 0.1) is 13.8 Å². The van der Waals surface area contributed by atoms with E-state index in [1.165, 1.54) is 4.31 Å². The molecule has 25 heavy (non-hydrogen) atoms. The Balaban J connectivity index is 1.71. The molecule has 0 unspecified atom stereocenters. The SMILES string of the molecule is Cc1noc(C)c1S(=O)(=O)N1CCN(C(=O)c2ccc(Cl)cc2)CC1. The fraction of sp³-hybridized carbons (Fsp3) is 0.375. The van der Waals surface area contributed by atoms with Crippen LogP contribution in [-0.4, -0.2) is 54.9 Å².